The molecule has 1 aliphatic carbocycles. The van der Waals surface area contributed by atoms with Gasteiger partial charge < -0.3 is 19.5 Å². The Kier molecular flexibility index (Phi) is 5.87. The van der Waals surface area contributed by atoms with Gasteiger partial charge in [0.25, 0.3) is 0 Å². The number of ether oxygens (including phenoxy) is 3. The van der Waals surface area contributed by atoms with Crippen LogP contribution in [0.3, 0.4) is 0 Å². The Labute approximate surface area is 184 Å². The zero-order valence-electron chi connectivity index (χ0n) is 17.2. The highest BCUT2D eigenvalue weighted by molar-refractivity contribution is 7.99. The number of nitrogens with one attached hydrogen (secondary N) is 1. The first-order valence-corrected chi connectivity index (χ1v) is 11.7. The molecular formula is C22H25N3O5S. The molecule has 1 aromatic carbocycles. The average Bonchev–Trinajstić information content (AvgIpc) is 3.53. The molecule has 2 aliphatic heterocycles. The summed E-state index contributed by atoms with van der Waals surface area (Å²) in [5.41, 5.74) is 2.89. The van der Waals surface area contributed by atoms with Gasteiger partial charge in [0.1, 0.15) is 5.03 Å². The van der Waals surface area contributed by atoms with E-state index < -0.39 is 0 Å². The third-order valence-electron chi connectivity index (χ3n) is 5.88. The van der Waals surface area contributed by atoms with Crippen LogP contribution in [-0.2, 0) is 35.5 Å². The van der Waals surface area contributed by atoms with Gasteiger partial charge in [-0.25, -0.2) is 4.79 Å². The van der Waals surface area contributed by atoms with Crippen molar-refractivity contribution in [3.8, 4) is 11.5 Å². The van der Waals surface area contributed by atoms with Crippen molar-refractivity contribution < 1.29 is 19.0 Å². The monoisotopic (exact) mass is 443 g/mol. The van der Waals surface area contributed by atoms with Gasteiger partial charge in [0.2, 0.25) is 12.7 Å². The molecule has 0 unspecified atom stereocenters. The van der Waals surface area contributed by atoms with Crippen LogP contribution in [0.5, 0.6) is 11.5 Å². The summed E-state index contributed by atoms with van der Waals surface area (Å²) in [6, 6.07) is 5.62. The normalized spacial score (nSPS) is 18.9. The lowest BCUT2D eigenvalue weighted by molar-refractivity contribution is -0.118. The third-order valence-corrected chi connectivity index (χ3v) is 6.90. The van der Waals surface area contributed by atoms with E-state index in [1.54, 1.807) is 4.57 Å². The highest BCUT2D eigenvalue weighted by Crippen LogP contribution is 2.32. The van der Waals surface area contributed by atoms with E-state index in [1.807, 2.05) is 18.2 Å². The second-order valence-electron chi connectivity index (χ2n) is 7.98. The van der Waals surface area contributed by atoms with Gasteiger partial charge in [-0.3, -0.25) is 9.36 Å². The minimum absolute atomic E-state index is 0.0975. The van der Waals surface area contributed by atoms with Crippen molar-refractivity contribution in [3.05, 3.63) is 45.5 Å². The van der Waals surface area contributed by atoms with E-state index in [4.69, 9.17) is 14.2 Å². The summed E-state index contributed by atoms with van der Waals surface area (Å²) < 4.78 is 18.2. The van der Waals surface area contributed by atoms with Gasteiger partial charge in [-0.15, -0.1) is 0 Å². The van der Waals surface area contributed by atoms with E-state index in [-0.39, 0.29) is 30.2 Å². The van der Waals surface area contributed by atoms with Crippen LogP contribution in [0, 0.1) is 0 Å². The van der Waals surface area contributed by atoms with Gasteiger partial charge in [-0.1, -0.05) is 17.8 Å². The predicted molar refractivity (Wildman–Crippen MR) is 115 cm³/mol. The zero-order chi connectivity index (χ0) is 21.2. The Hall–Kier alpha value is -2.52. The molecule has 1 amide bonds. The van der Waals surface area contributed by atoms with E-state index in [1.165, 1.54) is 11.8 Å². The molecule has 3 heterocycles. The molecular weight excluding hydrogens is 418 g/mol. The number of nitrogens with zero attached hydrogens (tertiary/aromatic N) is 2. The predicted octanol–water partition coefficient (Wildman–Crippen LogP) is 2.05. The standard InChI is InChI=1S/C22H25N3O5S/c26-20(23-10-14-6-7-18-19(9-14)30-13-29-18)12-31-21-16-4-1-5-17(16)25(22(27)24-21)11-15-3-2-8-28-15/h6-7,9,15H,1-5,8,10-13H2,(H,23,26)/t15-/m1/s1. The van der Waals surface area contributed by atoms with Crippen molar-refractivity contribution >= 4 is 17.7 Å². The van der Waals surface area contributed by atoms with Crippen molar-refractivity contribution in [2.75, 3.05) is 19.2 Å². The van der Waals surface area contributed by atoms with E-state index >= 15 is 0 Å². The van der Waals surface area contributed by atoms with Crippen molar-refractivity contribution in [1.82, 2.24) is 14.9 Å². The van der Waals surface area contributed by atoms with Crippen LogP contribution in [0.2, 0.25) is 0 Å². The molecule has 0 radical (unpaired) electrons. The fourth-order valence-corrected chi connectivity index (χ4v) is 5.23. The van der Waals surface area contributed by atoms with Crippen molar-refractivity contribution in [2.24, 2.45) is 0 Å². The summed E-state index contributed by atoms with van der Waals surface area (Å²) in [5.74, 6) is 1.54. The number of fused-ring (bicyclic) bond motifs is 2. The molecule has 0 bridgehead atoms. The van der Waals surface area contributed by atoms with Crippen LogP contribution >= 0.6 is 11.8 Å². The van der Waals surface area contributed by atoms with Crippen LogP contribution in [0.4, 0.5) is 0 Å². The third kappa shape index (κ3) is 4.43. The molecule has 9 heteroatoms. The quantitative estimate of drug-likeness (QED) is 0.517. The summed E-state index contributed by atoms with van der Waals surface area (Å²) in [5, 5.41) is 3.61. The molecule has 1 atom stereocenters. The summed E-state index contributed by atoms with van der Waals surface area (Å²) in [7, 11) is 0. The van der Waals surface area contributed by atoms with Gasteiger partial charge in [0, 0.05) is 24.4 Å². The maximum atomic E-state index is 12.7. The highest BCUT2D eigenvalue weighted by atomic mass is 32.2. The Bertz CT molecular complexity index is 1050. The van der Waals surface area contributed by atoms with Crippen LogP contribution in [0.15, 0.2) is 28.0 Å². The number of carbonyl (C=O) groups excluding carboxylic acids is 1. The summed E-state index contributed by atoms with van der Waals surface area (Å²) >= 11 is 1.34. The molecule has 164 valence electrons. The number of amides is 1. The molecule has 1 N–H and O–H groups in total. The van der Waals surface area contributed by atoms with Crippen LogP contribution in [0.1, 0.15) is 36.1 Å². The first kappa shape index (κ1) is 20.4. The van der Waals surface area contributed by atoms with Crippen LogP contribution in [-0.4, -0.2) is 40.7 Å². The van der Waals surface area contributed by atoms with Gasteiger partial charge in [-0.05, 0) is 49.8 Å². The summed E-state index contributed by atoms with van der Waals surface area (Å²) in [6.45, 7) is 1.98. The number of thioether (sulfide) groups is 1. The molecule has 3 aliphatic rings. The Morgan fingerprint density at radius 2 is 2.13 bits per heavy atom. The Morgan fingerprint density at radius 3 is 3.00 bits per heavy atom. The Morgan fingerprint density at radius 1 is 1.23 bits per heavy atom. The molecule has 5 rings (SSSR count). The number of hydrogen-bond donors (Lipinski definition) is 1. The van der Waals surface area contributed by atoms with E-state index in [9.17, 15) is 9.59 Å². The van der Waals surface area contributed by atoms with Crippen molar-refractivity contribution in [2.45, 2.75) is 56.3 Å². The van der Waals surface area contributed by atoms with Gasteiger partial charge in [0.15, 0.2) is 11.5 Å². The van der Waals surface area contributed by atoms with Gasteiger partial charge in [-0.2, -0.15) is 4.98 Å². The molecule has 8 nitrogen and oxygen atoms in total. The average molecular weight is 444 g/mol. The molecule has 2 aromatic rings. The topological polar surface area (TPSA) is 91.7 Å². The Balaban J connectivity index is 1.21. The lowest BCUT2D eigenvalue weighted by Gasteiger charge is -2.17. The maximum absolute atomic E-state index is 12.7. The van der Waals surface area contributed by atoms with Crippen LogP contribution in [0.25, 0.3) is 0 Å². The number of aromatic nitrogens is 2. The van der Waals surface area contributed by atoms with Crippen molar-refractivity contribution in [1.29, 1.82) is 0 Å². The lowest BCUT2D eigenvalue weighted by atomic mass is 10.2. The molecule has 31 heavy (non-hydrogen) atoms. The smallest absolute Gasteiger partial charge is 0.348 e. The molecule has 0 saturated carbocycles. The first-order valence-electron chi connectivity index (χ1n) is 10.7. The zero-order valence-corrected chi connectivity index (χ0v) is 18.0. The number of rotatable bonds is 7. The minimum atomic E-state index is -0.237. The second-order valence-corrected chi connectivity index (χ2v) is 8.94. The lowest BCUT2D eigenvalue weighted by Crippen LogP contribution is -2.32. The largest absolute Gasteiger partial charge is 0.454 e. The second kappa shape index (κ2) is 8.92. The fraction of sp³-hybridized carbons (Fsp3) is 0.500. The minimum Gasteiger partial charge on any atom is -0.454 e. The molecule has 0 spiro atoms. The van der Waals surface area contributed by atoms with Gasteiger partial charge in [0.05, 0.1) is 18.4 Å². The highest BCUT2D eigenvalue weighted by Gasteiger charge is 2.25. The molecule has 1 aromatic heterocycles. The number of benzene rings is 1. The van der Waals surface area contributed by atoms with E-state index in [0.29, 0.717) is 23.9 Å². The van der Waals surface area contributed by atoms with Crippen molar-refractivity contribution in [3.63, 3.8) is 0 Å². The first-order chi connectivity index (χ1) is 15.2. The van der Waals surface area contributed by atoms with E-state index in [2.05, 4.69) is 10.3 Å². The number of carbonyl (C=O) groups is 1. The summed E-state index contributed by atoms with van der Waals surface area (Å²) in [6.07, 6.45) is 4.92. The van der Waals surface area contributed by atoms with Gasteiger partial charge >= 0.3 is 5.69 Å². The van der Waals surface area contributed by atoms with Crippen LogP contribution < -0.4 is 20.5 Å². The summed E-state index contributed by atoms with van der Waals surface area (Å²) in [4.78, 5) is 29.4. The fourth-order valence-electron chi connectivity index (χ4n) is 4.32. The number of hydrogen-bond acceptors (Lipinski definition) is 7. The molecule has 1 saturated heterocycles. The van der Waals surface area contributed by atoms with E-state index in [0.717, 1.165) is 61.3 Å². The molecule has 1 fully saturated rings. The SMILES string of the molecule is O=C(CSc1nc(=O)n(C[C@H]2CCCO2)c2c1CCC2)NCc1ccc2c(c1)OCO2. The maximum Gasteiger partial charge on any atom is 0.348 e.